The van der Waals surface area contributed by atoms with Gasteiger partial charge in [0.2, 0.25) is 0 Å². The van der Waals surface area contributed by atoms with Gasteiger partial charge >= 0.3 is 0 Å². The molecule has 2 nitrogen and oxygen atoms in total. The van der Waals surface area contributed by atoms with Crippen molar-refractivity contribution in [1.82, 2.24) is 5.32 Å². The minimum atomic E-state index is 0.379. The lowest BCUT2D eigenvalue weighted by Gasteiger charge is -2.27. The molecule has 0 saturated heterocycles. The molecule has 4 heteroatoms. The topological polar surface area (TPSA) is 21.3 Å². The quantitative estimate of drug-likeness (QED) is 0.781. The number of nitrogens with one attached hydrogen (secondary N) is 1. The van der Waals surface area contributed by atoms with Crippen molar-refractivity contribution in [2.24, 2.45) is 5.92 Å². The molecule has 2 unspecified atom stereocenters. The lowest BCUT2D eigenvalue weighted by Crippen LogP contribution is -2.44. The maximum Gasteiger partial charge on any atom is 0.0759 e. The summed E-state index contributed by atoms with van der Waals surface area (Å²) in [7, 11) is 0. The highest BCUT2D eigenvalue weighted by Crippen LogP contribution is 2.37. The van der Waals surface area contributed by atoms with Gasteiger partial charge < -0.3 is 10.1 Å². The molecule has 1 saturated carbocycles. The van der Waals surface area contributed by atoms with Crippen LogP contribution in [0, 0.1) is 5.92 Å². The summed E-state index contributed by atoms with van der Waals surface area (Å²) in [6.45, 7) is 6.09. The van der Waals surface area contributed by atoms with Crippen LogP contribution in [0.4, 0.5) is 0 Å². The predicted octanol–water partition coefficient (Wildman–Crippen LogP) is 3.85. The molecule has 1 N–H and O–H groups in total. The molecule has 18 heavy (non-hydrogen) atoms. The summed E-state index contributed by atoms with van der Waals surface area (Å²) in [4.78, 5) is 1.42. The van der Waals surface area contributed by atoms with Crippen LogP contribution in [0.2, 0.25) is 0 Å². The molecule has 0 aliphatic heterocycles. The van der Waals surface area contributed by atoms with Crippen LogP contribution in [-0.2, 0) is 11.2 Å². The van der Waals surface area contributed by atoms with E-state index in [1.807, 2.05) is 11.3 Å². The van der Waals surface area contributed by atoms with Gasteiger partial charge in [-0.15, -0.1) is 11.3 Å². The van der Waals surface area contributed by atoms with Gasteiger partial charge in [-0.05, 0) is 59.6 Å². The van der Waals surface area contributed by atoms with E-state index in [0.717, 1.165) is 25.5 Å². The molecule has 1 aliphatic carbocycles. The van der Waals surface area contributed by atoms with Crippen LogP contribution < -0.4 is 5.32 Å². The van der Waals surface area contributed by atoms with E-state index >= 15 is 0 Å². The highest BCUT2D eigenvalue weighted by Gasteiger charge is 2.37. The minimum absolute atomic E-state index is 0.379. The molecular weight excluding hydrogens is 310 g/mol. The van der Waals surface area contributed by atoms with Crippen LogP contribution in [0.25, 0.3) is 0 Å². The van der Waals surface area contributed by atoms with Crippen molar-refractivity contribution in [3.8, 4) is 0 Å². The smallest absolute Gasteiger partial charge is 0.0759 e. The first kappa shape index (κ1) is 14.5. The fourth-order valence-corrected chi connectivity index (χ4v) is 4.01. The van der Waals surface area contributed by atoms with Gasteiger partial charge in [0, 0.05) is 28.4 Å². The fourth-order valence-electron chi connectivity index (χ4n) is 2.44. The monoisotopic (exact) mass is 331 g/mol. The summed E-state index contributed by atoms with van der Waals surface area (Å²) in [5.41, 5.74) is 0. The van der Waals surface area contributed by atoms with E-state index in [0.29, 0.717) is 12.1 Å². The fraction of sp³-hybridized carbons (Fsp3) is 0.714. The number of likely N-dealkylation sites (N-methyl/N-ethyl adjacent to an activating group) is 1. The van der Waals surface area contributed by atoms with Gasteiger partial charge in [0.15, 0.2) is 0 Å². The van der Waals surface area contributed by atoms with Crippen LogP contribution in [0.1, 0.15) is 31.6 Å². The van der Waals surface area contributed by atoms with E-state index in [9.17, 15) is 0 Å². The Morgan fingerprint density at radius 1 is 1.50 bits per heavy atom. The standard InChI is InChI=1S/C14H22BrNOS/c1-3-16-12(9-13-11(15)7-8-18-13)14(17-4-2)10-5-6-10/h7-8,10,12,14,16H,3-6,9H2,1-2H3. The third-order valence-corrected chi connectivity index (χ3v) is 5.35. The second-order valence-corrected chi connectivity index (χ2v) is 6.67. The summed E-state index contributed by atoms with van der Waals surface area (Å²) >= 11 is 5.46. The molecule has 1 aromatic rings. The van der Waals surface area contributed by atoms with Crippen molar-refractivity contribution < 1.29 is 4.74 Å². The molecule has 1 heterocycles. The van der Waals surface area contributed by atoms with Gasteiger partial charge in [-0.3, -0.25) is 0 Å². The van der Waals surface area contributed by atoms with Crippen LogP contribution in [-0.4, -0.2) is 25.3 Å². The van der Waals surface area contributed by atoms with Gasteiger partial charge in [0.25, 0.3) is 0 Å². The summed E-state index contributed by atoms with van der Waals surface area (Å²) in [6, 6.07) is 2.58. The SMILES string of the molecule is CCNC(Cc1sccc1Br)C(OCC)C1CC1. The Morgan fingerprint density at radius 2 is 2.28 bits per heavy atom. The Hall–Kier alpha value is 0.1000. The highest BCUT2D eigenvalue weighted by atomic mass is 79.9. The second-order valence-electron chi connectivity index (χ2n) is 4.82. The Balaban J connectivity index is 2.03. The van der Waals surface area contributed by atoms with Crippen molar-refractivity contribution in [2.45, 2.75) is 45.3 Å². The first-order chi connectivity index (χ1) is 8.76. The van der Waals surface area contributed by atoms with Crippen LogP contribution in [0.3, 0.4) is 0 Å². The molecule has 0 spiro atoms. The second kappa shape index (κ2) is 7.04. The molecule has 0 radical (unpaired) electrons. The maximum atomic E-state index is 6.00. The van der Waals surface area contributed by atoms with E-state index < -0.39 is 0 Å². The first-order valence-electron chi connectivity index (χ1n) is 6.83. The number of hydrogen-bond donors (Lipinski definition) is 1. The Kier molecular flexibility index (Phi) is 5.67. The zero-order valence-electron chi connectivity index (χ0n) is 11.1. The molecule has 0 amide bonds. The molecule has 0 bridgehead atoms. The average molecular weight is 332 g/mol. The van der Waals surface area contributed by atoms with Gasteiger partial charge in [0.05, 0.1) is 6.10 Å². The van der Waals surface area contributed by atoms with E-state index in [1.54, 1.807) is 0 Å². The summed E-state index contributed by atoms with van der Waals surface area (Å²) in [6.07, 6.45) is 4.10. The number of rotatable bonds is 8. The molecule has 1 aromatic heterocycles. The molecule has 2 rings (SSSR count). The normalized spacial score (nSPS) is 18.8. The first-order valence-corrected chi connectivity index (χ1v) is 8.50. The molecule has 2 atom stereocenters. The van der Waals surface area contributed by atoms with Gasteiger partial charge in [-0.2, -0.15) is 0 Å². The number of halogens is 1. The van der Waals surface area contributed by atoms with Crippen LogP contribution >= 0.6 is 27.3 Å². The Labute approximate surface area is 122 Å². The molecule has 1 fully saturated rings. The van der Waals surface area contributed by atoms with E-state index in [1.165, 1.54) is 22.2 Å². The summed E-state index contributed by atoms with van der Waals surface area (Å²) in [5.74, 6) is 0.771. The van der Waals surface area contributed by atoms with Gasteiger partial charge in [-0.25, -0.2) is 0 Å². The van der Waals surface area contributed by atoms with Crippen molar-refractivity contribution >= 4 is 27.3 Å². The van der Waals surface area contributed by atoms with E-state index in [2.05, 4.69) is 46.5 Å². The van der Waals surface area contributed by atoms with Crippen molar-refractivity contribution in [2.75, 3.05) is 13.2 Å². The van der Waals surface area contributed by atoms with Crippen molar-refractivity contribution in [3.63, 3.8) is 0 Å². The largest absolute Gasteiger partial charge is 0.377 e. The van der Waals surface area contributed by atoms with Crippen LogP contribution in [0.15, 0.2) is 15.9 Å². The summed E-state index contributed by atoms with van der Waals surface area (Å²) < 4.78 is 7.23. The molecular formula is C14H22BrNOS. The zero-order chi connectivity index (χ0) is 13.0. The van der Waals surface area contributed by atoms with Crippen molar-refractivity contribution in [1.29, 1.82) is 0 Å². The molecule has 0 aromatic carbocycles. The lowest BCUT2D eigenvalue weighted by atomic mass is 10.0. The summed E-state index contributed by atoms with van der Waals surface area (Å²) in [5, 5.41) is 5.76. The average Bonchev–Trinajstić information content (AvgIpc) is 3.11. The highest BCUT2D eigenvalue weighted by molar-refractivity contribution is 9.10. The molecule has 1 aliphatic rings. The lowest BCUT2D eigenvalue weighted by molar-refractivity contribution is 0.0197. The third-order valence-electron chi connectivity index (χ3n) is 3.40. The number of hydrogen-bond acceptors (Lipinski definition) is 3. The van der Waals surface area contributed by atoms with Gasteiger partial charge in [0.1, 0.15) is 0 Å². The van der Waals surface area contributed by atoms with Gasteiger partial charge in [-0.1, -0.05) is 6.92 Å². The Morgan fingerprint density at radius 3 is 2.78 bits per heavy atom. The number of ether oxygens (including phenoxy) is 1. The third kappa shape index (κ3) is 3.80. The predicted molar refractivity (Wildman–Crippen MR) is 81.3 cm³/mol. The van der Waals surface area contributed by atoms with Crippen LogP contribution in [0.5, 0.6) is 0 Å². The van der Waals surface area contributed by atoms with E-state index in [-0.39, 0.29) is 0 Å². The minimum Gasteiger partial charge on any atom is -0.377 e. The van der Waals surface area contributed by atoms with Crippen molar-refractivity contribution in [3.05, 3.63) is 20.8 Å². The maximum absolute atomic E-state index is 6.00. The number of thiophene rings is 1. The molecule has 102 valence electrons. The van der Waals surface area contributed by atoms with E-state index in [4.69, 9.17) is 4.74 Å². The zero-order valence-corrected chi connectivity index (χ0v) is 13.5. The Bertz CT molecular complexity index is 364.